The van der Waals surface area contributed by atoms with Crippen molar-refractivity contribution in [2.24, 2.45) is 5.92 Å². The highest BCUT2D eigenvalue weighted by Crippen LogP contribution is 2.31. The van der Waals surface area contributed by atoms with Gasteiger partial charge in [-0.15, -0.1) is 0 Å². The number of benzene rings is 1. The third-order valence-corrected chi connectivity index (χ3v) is 4.06. The van der Waals surface area contributed by atoms with Gasteiger partial charge in [-0.05, 0) is 44.2 Å². The first kappa shape index (κ1) is 18.3. The second-order valence-electron chi connectivity index (χ2n) is 7.03. The van der Waals surface area contributed by atoms with E-state index in [4.69, 9.17) is 4.74 Å². The van der Waals surface area contributed by atoms with Crippen LogP contribution in [0.4, 0.5) is 5.69 Å². The zero-order valence-corrected chi connectivity index (χ0v) is 15.0. The zero-order valence-electron chi connectivity index (χ0n) is 15.0. The zero-order chi connectivity index (χ0) is 17.7. The highest BCUT2D eigenvalue weighted by Gasteiger charge is 2.30. The lowest BCUT2D eigenvalue weighted by molar-refractivity contribution is -0.152. The summed E-state index contributed by atoms with van der Waals surface area (Å²) in [5.41, 5.74) is 1.98. The lowest BCUT2D eigenvalue weighted by Crippen LogP contribution is -2.46. The lowest BCUT2D eigenvalue weighted by atomic mass is 9.89. The summed E-state index contributed by atoms with van der Waals surface area (Å²) in [5, 5.41) is 6.23. The Morgan fingerprint density at radius 1 is 1.25 bits per heavy atom. The van der Waals surface area contributed by atoms with Crippen LogP contribution in [0, 0.1) is 5.92 Å². The molecule has 0 fully saturated rings. The van der Waals surface area contributed by atoms with Gasteiger partial charge in [0, 0.05) is 12.2 Å². The molecule has 1 aliphatic rings. The fourth-order valence-electron chi connectivity index (χ4n) is 3.01. The minimum absolute atomic E-state index is 0.102. The first-order chi connectivity index (χ1) is 11.4. The molecule has 0 aromatic heterocycles. The second-order valence-corrected chi connectivity index (χ2v) is 7.03. The average molecular weight is 332 g/mol. The van der Waals surface area contributed by atoms with Crippen molar-refractivity contribution in [3.05, 3.63) is 29.8 Å². The van der Waals surface area contributed by atoms with E-state index in [1.54, 1.807) is 0 Å². The van der Waals surface area contributed by atoms with Gasteiger partial charge in [0.2, 0.25) is 5.91 Å². The number of ether oxygens (including phenoxy) is 1. The molecule has 5 heteroatoms. The Hall–Kier alpha value is -2.04. The summed E-state index contributed by atoms with van der Waals surface area (Å²) in [6, 6.07) is 7.24. The molecule has 0 saturated carbocycles. The molecule has 1 unspecified atom stereocenters. The molecule has 0 saturated heterocycles. The molecule has 2 N–H and O–H groups in total. The van der Waals surface area contributed by atoms with Crippen LogP contribution in [0.2, 0.25) is 0 Å². The van der Waals surface area contributed by atoms with Crippen LogP contribution in [0.25, 0.3) is 0 Å². The smallest absolute Gasteiger partial charge is 0.328 e. The molecular formula is C19H28N2O3. The molecule has 2 rings (SSSR count). The van der Waals surface area contributed by atoms with E-state index < -0.39 is 6.04 Å². The molecular weight excluding hydrogens is 304 g/mol. The van der Waals surface area contributed by atoms with Crippen molar-refractivity contribution in [2.75, 3.05) is 11.9 Å². The summed E-state index contributed by atoms with van der Waals surface area (Å²) in [7, 11) is 0. The van der Waals surface area contributed by atoms with E-state index in [9.17, 15) is 9.59 Å². The number of hydrogen-bond donors (Lipinski definition) is 2. The molecule has 2 atom stereocenters. The van der Waals surface area contributed by atoms with Gasteiger partial charge in [0.05, 0.1) is 12.0 Å². The number of hydrogen-bond acceptors (Lipinski definition) is 4. The molecule has 1 aromatic carbocycles. The number of esters is 1. The van der Waals surface area contributed by atoms with Gasteiger partial charge in [-0.3, -0.25) is 4.79 Å². The van der Waals surface area contributed by atoms with Crippen LogP contribution in [0.15, 0.2) is 24.3 Å². The van der Waals surface area contributed by atoms with Crippen molar-refractivity contribution >= 4 is 17.6 Å². The third kappa shape index (κ3) is 4.73. The number of carbonyl (C=O) groups excluding carboxylic acids is 2. The quantitative estimate of drug-likeness (QED) is 0.786. The maximum absolute atomic E-state index is 12.8. The predicted octanol–water partition coefficient (Wildman–Crippen LogP) is 3.07. The van der Waals surface area contributed by atoms with E-state index in [0.29, 0.717) is 6.42 Å². The van der Waals surface area contributed by atoms with E-state index >= 15 is 0 Å². The van der Waals surface area contributed by atoms with Crippen LogP contribution < -0.4 is 10.6 Å². The average Bonchev–Trinajstić information content (AvgIpc) is 2.52. The van der Waals surface area contributed by atoms with Crippen LogP contribution in [0.1, 0.15) is 52.0 Å². The number of anilines is 1. The van der Waals surface area contributed by atoms with Crippen LogP contribution in [0.5, 0.6) is 0 Å². The number of para-hydroxylation sites is 1. The SMILES string of the molecule is CC(C)C[C@H](NC(=O)C1CCNc2ccccc21)C(=O)OC(C)C. The van der Waals surface area contributed by atoms with Gasteiger partial charge in [0.25, 0.3) is 0 Å². The molecule has 1 heterocycles. The molecule has 0 spiro atoms. The predicted molar refractivity (Wildman–Crippen MR) is 94.9 cm³/mol. The summed E-state index contributed by atoms with van der Waals surface area (Å²) in [6.45, 7) is 8.44. The van der Waals surface area contributed by atoms with Crippen molar-refractivity contribution in [1.82, 2.24) is 5.32 Å². The molecule has 24 heavy (non-hydrogen) atoms. The molecule has 0 radical (unpaired) electrons. The normalized spacial score (nSPS) is 17.8. The van der Waals surface area contributed by atoms with Gasteiger partial charge in [-0.1, -0.05) is 32.0 Å². The third-order valence-electron chi connectivity index (χ3n) is 4.06. The summed E-state index contributed by atoms with van der Waals surface area (Å²) < 4.78 is 5.30. The number of carbonyl (C=O) groups is 2. The Kier molecular flexibility index (Phi) is 6.23. The second kappa shape index (κ2) is 8.18. The van der Waals surface area contributed by atoms with E-state index in [-0.39, 0.29) is 29.8 Å². The van der Waals surface area contributed by atoms with Gasteiger partial charge >= 0.3 is 5.97 Å². The first-order valence-corrected chi connectivity index (χ1v) is 8.72. The minimum atomic E-state index is -0.595. The van der Waals surface area contributed by atoms with Crippen molar-refractivity contribution in [2.45, 2.75) is 58.6 Å². The van der Waals surface area contributed by atoms with Gasteiger partial charge < -0.3 is 15.4 Å². The van der Waals surface area contributed by atoms with Crippen molar-refractivity contribution < 1.29 is 14.3 Å². The van der Waals surface area contributed by atoms with Crippen LogP contribution in [0.3, 0.4) is 0 Å². The molecule has 0 aliphatic carbocycles. The number of fused-ring (bicyclic) bond motifs is 1. The Labute approximate surface area is 144 Å². The van der Waals surface area contributed by atoms with Gasteiger partial charge in [0.15, 0.2) is 0 Å². The van der Waals surface area contributed by atoms with E-state index in [1.165, 1.54) is 0 Å². The number of nitrogens with one attached hydrogen (secondary N) is 2. The van der Waals surface area contributed by atoms with Crippen molar-refractivity contribution in [1.29, 1.82) is 0 Å². The standard InChI is InChI=1S/C19H28N2O3/c1-12(2)11-17(19(23)24-13(3)4)21-18(22)15-9-10-20-16-8-6-5-7-14(15)16/h5-8,12-13,15,17,20H,9-11H2,1-4H3,(H,21,22)/t15?,17-/m0/s1. The maximum atomic E-state index is 12.8. The highest BCUT2D eigenvalue weighted by atomic mass is 16.5. The summed E-state index contributed by atoms with van der Waals surface area (Å²) >= 11 is 0. The first-order valence-electron chi connectivity index (χ1n) is 8.72. The minimum Gasteiger partial charge on any atom is -0.461 e. The Morgan fingerprint density at radius 3 is 2.62 bits per heavy atom. The van der Waals surface area contributed by atoms with E-state index in [2.05, 4.69) is 10.6 Å². The van der Waals surface area contributed by atoms with Gasteiger partial charge in [0.1, 0.15) is 6.04 Å². The molecule has 1 aromatic rings. The Bertz CT molecular complexity index is 584. The van der Waals surface area contributed by atoms with Crippen LogP contribution in [-0.2, 0) is 14.3 Å². The summed E-state index contributed by atoms with van der Waals surface area (Å²) in [5.74, 6) is -0.399. The summed E-state index contributed by atoms with van der Waals surface area (Å²) in [6.07, 6.45) is 1.10. The van der Waals surface area contributed by atoms with Gasteiger partial charge in [-0.25, -0.2) is 4.79 Å². The number of rotatable bonds is 6. The fraction of sp³-hybridized carbons (Fsp3) is 0.579. The van der Waals surface area contributed by atoms with Crippen molar-refractivity contribution in [3.63, 3.8) is 0 Å². The topological polar surface area (TPSA) is 67.4 Å². The molecule has 132 valence electrons. The molecule has 5 nitrogen and oxygen atoms in total. The van der Waals surface area contributed by atoms with Crippen molar-refractivity contribution in [3.8, 4) is 0 Å². The van der Waals surface area contributed by atoms with E-state index in [1.807, 2.05) is 52.0 Å². The van der Waals surface area contributed by atoms with Crippen LogP contribution >= 0.6 is 0 Å². The largest absolute Gasteiger partial charge is 0.461 e. The Balaban J connectivity index is 2.11. The molecule has 1 amide bonds. The molecule has 0 bridgehead atoms. The van der Waals surface area contributed by atoms with Gasteiger partial charge in [-0.2, -0.15) is 0 Å². The summed E-state index contributed by atoms with van der Waals surface area (Å²) in [4.78, 5) is 25.1. The number of amides is 1. The monoisotopic (exact) mass is 332 g/mol. The van der Waals surface area contributed by atoms with E-state index in [0.717, 1.165) is 24.2 Å². The van der Waals surface area contributed by atoms with Crippen LogP contribution in [-0.4, -0.2) is 30.6 Å². The fourth-order valence-corrected chi connectivity index (χ4v) is 3.01. The molecule has 1 aliphatic heterocycles. The maximum Gasteiger partial charge on any atom is 0.328 e. The highest BCUT2D eigenvalue weighted by molar-refractivity contribution is 5.90. The Morgan fingerprint density at radius 2 is 1.96 bits per heavy atom. The lowest BCUT2D eigenvalue weighted by Gasteiger charge is -2.28.